The van der Waals surface area contributed by atoms with Crippen molar-refractivity contribution in [3.05, 3.63) is 77.2 Å². The Bertz CT molecular complexity index is 840. The molecule has 130 valence electrons. The second-order valence-electron chi connectivity index (χ2n) is 6.52. The Morgan fingerprint density at radius 1 is 1.20 bits per heavy atom. The van der Waals surface area contributed by atoms with E-state index in [4.69, 9.17) is 0 Å². The first-order valence-corrected chi connectivity index (χ1v) is 8.24. The third kappa shape index (κ3) is 4.13. The zero-order valence-electron chi connectivity index (χ0n) is 14.4. The molecule has 4 nitrogen and oxygen atoms in total. The molecule has 1 atom stereocenters. The van der Waals surface area contributed by atoms with Crippen molar-refractivity contribution in [2.45, 2.75) is 26.0 Å². The first-order chi connectivity index (χ1) is 12.0. The molecule has 3 N–H and O–H groups in total. The van der Waals surface area contributed by atoms with Crippen LogP contribution in [-0.2, 0) is 12.1 Å². The van der Waals surface area contributed by atoms with E-state index in [1.165, 1.54) is 17.7 Å². The van der Waals surface area contributed by atoms with Crippen molar-refractivity contribution < 1.29 is 9.50 Å². The molecule has 0 aliphatic carbocycles. The summed E-state index contributed by atoms with van der Waals surface area (Å²) in [5.74, 6) is -0.311. The molecule has 1 heterocycles. The summed E-state index contributed by atoms with van der Waals surface area (Å²) < 4.78 is 13.0. The smallest absolute Gasteiger partial charge is 0.123 e. The molecule has 0 radical (unpaired) electrons. The molecule has 1 aromatic heterocycles. The van der Waals surface area contributed by atoms with E-state index in [1.54, 1.807) is 25.3 Å². The van der Waals surface area contributed by atoms with E-state index in [9.17, 15) is 9.50 Å². The average molecular weight is 339 g/mol. The molecule has 0 aliphatic rings. The number of benzene rings is 2. The highest BCUT2D eigenvalue weighted by Crippen LogP contribution is 2.23. The number of aromatic amines is 1. The number of nitrogens with one attached hydrogen (secondary N) is 2. The second-order valence-corrected chi connectivity index (χ2v) is 6.52. The first kappa shape index (κ1) is 17.3. The summed E-state index contributed by atoms with van der Waals surface area (Å²) in [7, 11) is 0. The van der Waals surface area contributed by atoms with Gasteiger partial charge < -0.3 is 10.4 Å². The summed E-state index contributed by atoms with van der Waals surface area (Å²) in [5.41, 5.74) is 3.86. The maximum absolute atomic E-state index is 13.0. The lowest BCUT2D eigenvalue weighted by Crippen LogP contribution is -2.35. The van der Waals surface area contributed by atoms with Gasteiger partial charge in [0.15, 0.2) is 0 Å². The van der Waals surface area contributed by atoms with Crippen molar-refractivity contribution in [3.8, 4) is 11.3 Å². The fraction of sp³-hybridized carbons (Fsp3) is 0.250. The molecule has 5 heteroatoms. The summed E-state index contributed by atoms with van der Waals surface area (Å²) in [5, 5.41) is 21.1. The highest BCUT2D eigenvalue weighted by Gasteiger charge is 2.22. The molecular weight excluding hydrogens is 317 g/mol. The van der Waals surface area contributed by atoms with E-state index in [1.807, 2.05) is 12.1 Å². The predicted octanol–water partition coefficient (Wildman–Crippen LogP) is 3.52. The zero-order valence-corrected chi connectivity index (χ0v) is 14.4. The van der Waals surface area contributed by atoms with Crippen molar-refractivity contribution in [2.24, 2.45) is 0 Å². The molecule has 0 spiro atoms. The predicted molar refractivity (Wildman–Crippen MR) is 96.4 cm³/mol. The van der Waals surface area contributed by atoms with Gasteiger partial charge >= 0.3 is 0 Å². The van der Waals surface area contributed by atoms with Gasteiger partial charge in [0.05, 0.1) is 17.5 Å². The Morgan fingerprint density at radius 2 is 1.96 bits per heavy atom. The van der Waals surface area contributed by atoms with Gasteiger partial charge in [0, 0.05) is 24.2 Å². The first-order valence-electron chi connectivity index (χ1n) is 8.24. The SMILES string of the molecule is Cc1cccc(-c2[nH]ncc2CNCC(C)(O)c2ccc(F)cc2)c1. The van der Waals surface area contributed by atoms with Gasteiger partial charge in [-0.05, 0) is 37.6 Å². The van der Waals surface area contributed by atoms with E-state index in [2.05, 4.69) is 34.6 Å². The minimum atomic E-state index is -1.08. The fourth-order valence-electron chi connectivity index (χ4n) is 2.85. The highest BCUT2D eigenvalue weighted by molar-refractivity contribution is 5.63. The van der Waals surface area contributed by atoms with Gasteiger partial charge in [0.2, 0.25) is 0 Å². The number of aromatic nitrogens is 2. The zero-order chi connectivity index (χ0) is 17.9. The van der Waals surface area contributed by atoms with Crippen LogP contribution < -0.4 is 5.32 Å². The third-order valence-electron chi connectivity index (χ3n) is 4.28. The third-order valence-corrected chi connectivity index (χ3v) is 4.28. The Hall–Kier alpha value is -2.50. The Balaban J connectivity index is 1.67. The minimum Gasteiger partial charge on any atom is -0.384 e. The fourth-order valence-corrected chi connectivity index (χ4v) is 2.85. The molecule has 0 amide bonds. The van der Waals surface area contributed by atoms with E-state index in [-0.39, 0.29) is 5.82 Å². The van der Waals surface area contributed by atoms with Crippen LogP contribution in [0.2, 0.25) is 0 Å². The molecule has 1 unspecified atom stereocenters. The monoisotopic (exact) mass is 339 g/mol. The number of hydrogen-bond acceptors (Lipinski definition) is 3. The highest BCUT2D eigenvalue weighted by atomic mass is 19.1. The molecule has 3 rings (SSSR count). The summed E-state index contributed by atoms with van der Waals surface area (Å²) in [6.07, 6.45) is 1.79. The summed E-state index contributed by atoms with van der Waals surface area (Å²) in [4.78, 5) is 0. The lowest BCUT2D eigenvalue weighted by atomic mass is 9.96. The topological polar surface area (TPSA) is 60.9 Å². The summed E-state index contributed by atoms with van der Waals surface area (Å²) >= 11 is 0. The number of rotatable bonds is 6. The van der Waals surface area contributed by atoms with Crippen LogP contribution in [0.25, 0.3) is 11.3 Å². The Kier molecular flexibility index (Phi) is 4.97. The Labute approximate surface area is 146 Å². The number of aliphatic hydroxyl groups is 1. The number of H-pyrrole nitrogens is 1. The van der Waals surface area contributed by atoms with Crippen molar-refractivity contribution >= 4 is 0 Å². The molecule has 0 saturated carbocycles. The van der Waals surface area contributed by atoms with E-state index >= 15 is 0 Å². The maximum atomic E-state index is 13.0. The number of hydrogen-bond donors (Lipinski definition) is 3. The standard InChI is InChI=1S/C20H22FN3O/c1-14-4-3-5-15(10-14)19-16(12-23-24-19)11-22-13-20(2,25)17-6-8-18(21)9-7-17/h3-10,12,22,25H,11,13H2,1-2H3,(H,23,24). The van der Waals surface area contributed by atoms with Crippen LogP contribution in [0.1, 0.15) is 23.6 Å². The normalized spacial score (nSPS) is 13.6. The lowest BCUT2D eigenvalue weighted by Gasteiger charge is -2.24. The van der Waals surface area contributed by atoms with Crippen molar-refractivity contribution in [1.29, 1.82) is 0 Å². The van der Waals surface area contributed by atoms with Crippen LogP contribution in [0.3, 0.4) is 0 Å². The van der Waals surface area contributed by atoms with Crippen LogP contribution in [0.15, 0.2) is 54.7 Å². The number of aryl methyl sites for hydroxylation is 1. The van der Waals surface area contributed by atoms with Gasteiger partial charge in [0.25, 0.3) is 0 Å². The lowest BCUT2D eigenvalue weighted by molar-refractivity contribution is 0.0566. The van der Waals surface area contributed by atoms with Gasteiger partial charge in [-0.15, -0.1) is 0 Å². The quantitative estimate of drug-likeness (QED) is 0.644. The van der Waals surface area contributed by atoms with E-state index < -0.39 is 5.60 Å². The average Bonchev–Trinajstić information content (AvgIpc) is 3.03. The maximum Gasteiger partial charge on any atom is 0.123 e. The molecule has 3 aromatic rings. The van der Waals surface area contributed by atoms with Crippen LogP contribution in [-0.4, -0.2) is 21.8 Å². The van der Waals surface area contributed by atoms with Crippen LogP contribution in [0.4, 0.5) is 4.39 Å². The van der Waals surface area contributed by atoms with Crippen molar-refractivity contribution in [2.75, 3.05) is 6.54 Å². The van der Waals surface area contributed by atoms with Crippen LogP contribution in [0.5, 0.6) is 0 Å². The summed E-state index contributed by atoms with van der Waals surface area (Å²) in [6.45, 7) is 4.68. The molecule has 0 aliphatic heterocycles. The largest absolute Gasteiger partial charge is 0.384 e. The van der Waals surface area contributed by atoms with Gasteiger partial charge in [-0.2, -0.15) is 5.10 Å². The molecule has 25 heavy (non-hydrogen) atoms. The molecule has 2 aromatic carbocycles. The van der Waals surface area contributed by atoms with E-state index in [0.29, 0.717) is 18.7 Å². The molecule has 0 fully saturated rings. The molecule has 0 saturated heterocycles. The van der Waals surface area contributed by atoms with Gasteiger partial charge in [0.1, 0.15) is 5.82 Å². The second kappa shape index (κ2) is 7.17. The Morgan fingerprint density at radius 3 is 2.68 bits per heavy atom. The minimum absolute atomic E-state index is 0.311. The van der Waals surface area contributed by atoms with Crippen LogP contribution >= 0.6 is 0 Å². The van der Waals surface area contributed by atoms with Gasteiger partial charge in [-0.3, -0.25) is 5.10 Å². The molecule has 0 bridgehead atoms. The van der Waals surface area contributed by atoms with Crippen molar-refractivity contribution in [3.63, 3.8) is 0 Å². The number of halogens is 1. The number of nitrogens with zero attached hydrogens (tertiary/aromatic N) is 1. The summed E-state index contributed by atoms with van der Waals surface area (Å²) in [6, 6.07) is 14.1. The molecular formula is C20H22FN3O. The van der Waals surface area contributed by atoms with Crippen molar-refractivity contribution in [1.82, 2.24) is 15.5 Å². The van der Waals surface area contributed by atoms with Gasteiger partial charge in [-0.25, -0.2) is 4.39 Å². The van der Waals surface area contributed by atoms with E-state index in [0.717, 1.165) is 16.8 Å². The van der Waals surface area contributed by atoms with Crippen LogP contribution in [0, 0.1) is 12.7 Å². The van der Waals surface area contributed by atoms with Gasteiger partial charge in [-0.1, -0.05) is 35.9 Å².